The third-order valence-corrected chi connectivity index (χ3v) is 3.90. The van der Waals surface area contributed by atoms with Gasteiger partial charge in [0.05, 0.1) is 17.0 Å². The number of halogens is 1. The lowest BCUT2D eigenvalue weighted by molar-refractivity contribution is 0.285. The molecule has 1 heterocycles. The third kappa shape index (κ3) is 2.11. The second-order valence-electron chi connectivity index (χ2n) is 3.11. The highest BCUT2D eigenvalue weighted by atomic mass is 32.2. The maximum atomic E-state index is 13.7. The third-order valence-electron chi connectivity index (χ3n) is 2.12. The molecule has 0 atom stereocenters. The fourth-order valence-electron chi connectivity index (χ4n) is 1.38. The van der Waals surface area contributed by atoms with Crippen molar-refractivity contribution in [1.82, 2.24) is 4.98 Å². The molecule has 2 aromatic rings. The number of thiazole rings is 1. The summed E-state index contributed by atoms with van der Waals surface area (Å²) in [5.41, 5.74) is 0.527. The summed E-state index contributed by atoms with van der Waals surface area (Å²) < 4.78 is 13.7. The largest absolute Gasteiger partial charge is 0.391 e. The zero-order chi connectivity index (χ0) is 11.5. The number of benzene rings is 1. The number of nitrogens with zero attached hydrogens (tertiary/aromatic N) is 1. The molecule has 84 valence electrons. The van der Waals surface area contributed by atoms with E-state index in [-0.39, 0.29) is 12.4 Å². The molecule has 0 fully saturated rings. The van der Waals surface area contributed by atoms with Gasteiger partial charge in [0.1, 0.15) is 10.8 Å². The van der Waals surface area contributed by atoms with E-state index in [9.17, 15) is 4.39 Å². The Morgan fingerprint density at radius 3 is 2.94 bits per heavy atom. The van der Waals surface area contributed by atoms with E-state index < -0.39 is 0 Å². The van der Waals surface area contributed by atoms with Crippen LogP contribution in [0.3, 0.4) is 0 Å². The normalized spacial score (nSPS) is 10.7. The second-order valence-corrected chi connectivity index (χ2v) is 5.07. The number of rotatable bonds is 3. The highest BCUT2D eigenvalue weighted by molar-refractivity contribution is 7.98. The van der Waals surface area contributed by atoms with Crippen molar-refractivity contribution in [2.75, 3.05) is 6.26 Å². The molecule has 0 aliphatic heterocycles. The molecule has 5 heteroatoms. The van der Waals surface area contributed by atoms with Crippen LogP contribution in [0.2, 0.25) is 0 Å². The van der Waals surface area contributed by atoms with Gasteiger partial charge in [-0.15, -0.1) is 23.1 Å². The second kappa shape index (κ2) is 4.95. The van der Waals surface area contributed by atoms with Gasteiger partial charge in [0.15, 0.2) is 0 Å². The maximum absolute atomic E-state index is 13.7. The number of aliphatic hydroxyl groups is 1. The zero-order valence-electron chi connectivity index (χ0n) is 8.61. The van der Waals surface area contributed by atoms with Crippen LogP contribution in [0.25, 0.3) is 10.6 Å². The van der Waals surface area contributed by atoms with Crippen molar-refractivity contribution < 1.29 is 9.50 Å². The Balaban J connectivity index is 2.53. The quantitative estimate of drug-likeness (QED) is 0.855. The van der Waals surface area contributed by atoms with Gasteiger partial charge in [-0.3, -0.25) is 0 Å². The molecule has 1 aromatic heterocycles. The molecule has 0 radical (unpaired) electrons. The Bertz CT molecular complexity index is 498. The molecule has 16 heavy (non-hydrogen) atoms. The van der Waals surface area contributed by atoms with Gasteiger partial charge in [-0.1, -0.05) is 6.07 Å². The fraction of sp³-hybridized carbons (Fsp3) is 0.182. The lowest BCUT2D eigenvalue weighted by Crippen LogP contribution is -1.86. The van der Waals surface area contributed by atoms with E-state index in [0.29, 0.717) is 10.6 Å². The molecular formula is C11H10FNOS2. The Morgan fingerprint density at radius 2 is 2.31 bits per heavy atom. The molecule has 0 bridgehead atoms. The van der Waals surface area contributed by atoms with Crippen LogP contribution in [-0.4, -0.2) is 16.3 Å². The van der Waals surface area contributed by atoms with Gasteiger partial charge >= 0.3 is 0 Å². The van der Waals surface area contributed by atoms with Crippen LogP contribution in [0.5, 0.6) is 0 Å². The Kier molecular flexibility index (Phi) is 3.58. The van der Waals surface area contributed by atoms with E-state index in [2.05, 4.69) is 4.98 Å². The molecule has 1 aromatic carbocycles. The lowest BCUT2D eigenvalue weighted by atomic mass is 10.2. The summed E-state index contributed by atoms with van der Waals surface area (Å²) in [7, 11) is 0. The number of aliphatic hydroxyl groups excluding tert-OH is 1. The van der Waals surface area contributed by atoms with Gasteiger partial charge in [-0.2, -0.15) is 0 Å². The molecule has 2 nitrogen and oxygen atoms in total. The molecule has 0 aliphatic carbocycles. The minimum Gasteiger partial charge on any atom is -0.391 e. The van der Waals surface area contributed by atoms with E-state index >= 15 is 0 Å². The van der Waals surface area contributed by atoms with Crippen molar-refractivity contribution in [3.05, 3.63) is 35.1 Å². The summed E-state index contributed by atoms with van der Waals surface area (Å²) in [6.45, 7) is -0.0548. The van der Waals surface area contributed by atoms with Crippen molar-refractivity contribution in [2.45, 2.75) is 11.5 Å². The molecular weight excluding hydrogens is 245 g/mol. The summed E-state index contributed by atoms with van der Waals surface area (Å²) >= 11 is 2.80. The van der Waals surface area contributed by atoms with Crippen LogP contribution in [0.15, 0.2) is 29.3 Å². The van der Waals surface area contributed by atoms with Gasteiger partial charge in [0, 0.05) is 11.1 Å². The maximum Gasteiger partial charge on any atom is 0.134 e. The molecule has 0 unspecified atom stereocenters. The van der Waals surface area contributed by atoms with Gasteiger partial charge in [0.25, 0.3) is 0 Å². The first-order chi connectivity index (χ1) is 7.76. The van der Waals surface area contributed by atoms with Crippen LogP contribution >= 0.6 is 23.1 Å². The number of aromatic nitrogens is 1. The van der Waals surface area contributed by atoms with Crippen molar-refractivity contribution in [1.29, 1.82) is 0 Å². The van der Waals surface area contributed by atoms with Crippen LogP contribution < -0.4 is 0 Å². The monoisotopic (exact) mass is 255 g/mol. The van der Waals surface area contributed by atoms with Crippen LogP contribution in [0.1, 0.15) is 4.88 Å². The van der Waals surface area contributed by atoms with E-state index in [1.807, 2.05) is 12.3 Å². The van der Waals surface area contributed by atoms with Crippen LogP contribution in [0.4, 0.5) is 4.39 Å². The van der Waals surface area contributed by atoms with Crippen LogP contribution in [0, 0.1) is 5.82 Å². The summed E-state index contributed by atoms with van der Waals surface area (Å²) in [6, 6.07) is 4.98. The zero-order valence-corrected chi connectivity index (χ0v) is 10.2. The number of hydrogen-bond acceptors (Lipinski definition) is 4. The van der Waals surface area contributed by atoms with E-state index in [4.69, 9.17) is 5.11 Å². The van der Waals surface area contributed by atoms with Crippen LogP contribution in [-0.2, 0) is 6.61 Å². The molecule has 0 spiro atoms. The minimum absolute atomic E-state index is 0.0548. The Hall–Kier alpha value is -0.910. The smallest absolute Gasteiger partial charge is 0.134 e. The first-order valence-corrected chi connectivity index (χ1v) is 6.69. The van der Waals surface area contributed by atoms with Crippen molar-refractivity contribution in [2.24, 2.45) is 0 Å². The molecule has 0 saturated carbocycles. The van der Waals surface area contributed by atoms with Gasteiger partial charge in [-0.25, -0.2) is 9.37 Å². The first-order valence-electron chi connectivity index (χ1n) is 4.64. The molecule has 0 amide bonds. The van der Waals surface area contributed by atoms with Gasteiger partial charge in [0.2, 0.25) is 0 Å². The van der Waals surface area contributed by atoms with E-state index in [1.54, 1.807) is 12.3 Å². The molecule has 0 aliphatic rings. The predicted molar refractivity (Wildman–Crippen MR) is 65.2 cm³/mol. The average Bonchev–Trinajstić information content (AvgIpc) is 2.76. The standard InChI is InChI=1S/C11H10FNOS2/c1-15-9-4-2-3-8(12)10(9)11-13-5-7(6-14)16-11/h2-5,14H,6H2,1H3. The number of thioether (sulfide) groups is 1. The summed E-state index contributed by atoms with van der Waals surface area (Å²) in [5.74, 6) is -0.273. The SMILES string of the molecule is CSc1cccc(F)c1-c1ncc(CO)s1. The van der Waals surface area contributed by atoms with Gasteiger partial charge in [-0.05, 0) is 18.4 Å². The molecule has 0 saturated heterocycles. The van der Waals surface area contributed by atoms with Crippen molar-refractivity contribution >= 4 is 23.1 Å². The van der Waals surface area contributed by atoms with Crippen molar-refractivity contribution in [3.63, 3.8) is 0 Å². The van der Waals surface area contributed by atoms with Gasteiger partial charge < -0.3 is 5.11 Å². The molecule has 2 rings (SSSR count). The highest BCUT2D eigenvalue weighted by Gasteiger charge is 2.13. The van der Waals surface area contributed by atoms with E-state index in [0.717, 1.165) is 9.77 Å². The van der Waals surface area contributed by atoms with E-state index in [1.165, 1.54) is 29.2 Å². The van der Waals surface area contributed by atoms with Crippen molar-refractivity contribution in [3.8, 4) is 10.6 Å². The Morgan fingerprint density at radius 1 is 1.50 bits per heavy atom. The first kappa shape index (κ1) is 11.6. The highest BCUT2D eigenvalue weighted by Crippen LogP contribution is 2.34. The minimum atomic E-state index is -0.273. The predicted octanol–water partition coefficient (Wildman–Crippen LogP) is 3.16. The average molecular weight is 255 g/mol. The fourth-order valence-corrected chi connectivity index (χ4v) is 2.89. The summed E-state index contributed by atoms with van der Waals surface area (Å²) in [4.78, 5) is 5.73. The summed E-state index contributed by atoms with van der Waals surface area (Å²) in [5, 5.41) is 9.58. The lowest BCUT2D eigenvalue weighted by Gasteiger charge is -2.04. The molecule has 1 N–H and O–H groups in total. The Labute approximate surface area is 101 Å². The summed E-state index contributed by atoms with van der Waals surface area (Å²) in [6.07, 6.45) is 3.48. The number of hydrogen-bond donors (Lipinski definition) is 1. The topological polar surface area (TPSA) is 33.1 Å².